The van der Waals surface area contributed by atoms with E-state index in [1.54, 1.807) is 4.90 Å². The van der Waals surface area contributed by atoms with E-state index >= 15 is 0 Å². The van der Waals surface area contributed by atoms with Crippen LogP contribution in [0.5, 0.6) is 0 Å². The highest BCUT2D eigenvalue weighted by molar-refractivity contribution is 5.78. The minimum atomic E-state index is 0.0636. The first kappa shape index (κ1) is 11.1. The largest absolute Gasteiger partial charge is 0.381 e. The molecule has 0 saturated carbocycles. The van der Waals surface area contributed by atoms with Gasteiger partial charge < -0.3 is 9.64 Å². The van der Waals surface area contributed by atoms with Crippen LogP contribution in [-0.4, -0.2) is 31.1 Å². The van der Waals surface area contributed by atoms with E-state index in [-0.39, 0.29) is 11.8 Å². The van der Waals surface area contributed by atoms with Crippen molar-refractivity contribution in [2.75, 3.05) is 20.3 Å². The molecule has 16 heavy (non-hydrogen) atoms. The summed E-state index contributed by atoms with van der Waals surface area (Å²) in [6, 6.07) is 10.0. The standard InChI is InChI=1S/C13H17NO2/c1-14(9-11-5-3-2-4-6-11)13(15)12-7-8-16-10-12/h2-6,12H,7-10H2,1H3. The second-order valence-electron chi connectivity index (χ2n) is 4.24. The molecule has 1 heterocycles. The van der Waals surface area contributed by atoms with E-state index in [9.17, 15) is 4.79 Å². The van der Waals surface area contributed by atoms with Crippen LogP contribution in [0.2, 0.25) is 0 Å². The predicted molar refractivity (Wildman–Crippen MR) is 61.8 cm³/mol. The van der Waals surface area contributed by atoms with Gasteiger partial charge in [0.15, 0.2) is 0 Å². The fourth-order valence-electron chi connectivity index (χ4n) is 1.98. The highest BCUT2D eigenvalue weighted by Gasteiger charge is 2.26. The van der Waals surface area contributed by atoms with E-state index < -0.39 is 0 Å². The number of benzene rings is 1. The highest BCUT2D eigenvalue weighted by atomic mass is 16.5. The number of nitrogens with zero attached hydrogens (tertiary/aromatic N) is 1. The van der Waals surface area contributed by atoms with Gasteiger partial charge in [0.2, 0.25) is 5.91 Å². The molecule has 1 fully saturated rings. The maximum Gasteiger partial charge on any atom is 0.228 e. The predicted octanol–water partition coefficient (Wildman–Crippen LogP) is 1.68. The molecule has 1 unspecified atom stereocenters. The summed E-state index contributed by atoms with van der Waals surface area (Å²) in [5.74, 6) is 0.259. The molecular formula is C13H17NO2. The van der Waals surface area contributed by atoms with Crippen molar-refractivity contribution in [3.05, 3.63) is 35.9 Å². The van der Waals surface area contributed by atoms with Gasteiger partial charge >= 0.3 is 0 Å². The first-order chi connectivity index (χ1) is 7.77. The number of carbonyl (C=O) groups excluding carboxylic acids is 1. The molecule has 0 aromatic heterocycles. The summed E-state index contributed by atoms with van der Waals surface area (Å²) in [6.45, 7) is 1.98. The Kier molecular flexibility index (Phi) is 3.57. The van der Waals surface area contributed by atoms with Gasteiger partial charge in [-0.2, -0.15) is 0 Å². The van der Waals surface area contributed by atoms with E-state index in [4.69, 9.17) is 4.74 Å². The average Bonchev–Trinajstić information content (AvgIpc) is 2.83. The van der Waals surface area contributed by atoms with Gasteiger partial charge in [-0.3, -0.25) is 4.79 Å². The van der Waals surface area contributed by atoms with Crippen LogP contribution in [0.1, 0.15) is 12.0 Å². The normalized spacial score (nSPS) is 19.7. The van der Waals surface area contributed by atoms with Crippen LogP contribution in [0.4, 0.5) is 0 Å². The number of amides is 1. The van der Waals surface area contributed by atoms with Gasteiger partial charge in [-0.25, -0.2) is 0 Å². The Morgan fingerprint density at radius 1 is 1.44 bits per heavy atom. The third-order valence-corrected chi connectivity index (χ3v) is 2.92. The maximum atomic E-state index is 12.0. The molecule has 1 aliphatic rings. The van der Waals surface area contributed by atoms with E-state index in [1.807, 2.05) is 37.4 Å². The summed E-state index contributed by atoms with van der Waals surface area (Å²) < 4.78 is 5.23. The fourth-order valence-corrected chi connectivity index (χ4v) is 1.98. The third kappa shape index (κ3) is 2.61. The summed E-state index contributed by atoms with van der Waals surface area (Å²) in [5.41, 5.74) is 1.16. The minimum Gasteiger partial charge on any atom is -0.381 e. The number of ether oxygens (including phenoxy) is 1. The Bertz CT molecular complexity index is 344. The monoisotopic (exact) mass is 219 g/mol. The molecule has 1 atom stereocenters. The lowest BCUT2D eigenvalue weighted by molar-refractivity contribution is -0.134. The van der Waals surface area contributed by atoms with Crippen LogP contribution in [0.3, 0.4) is 0 Å². The Hall–Kier alpha value is -1.35. The van der Waals surface area contributed by atoms with Gasteiger partial charge in [0, 0.05) is 20.2 Å². The lowest BCUT2D eigenvalue weighted by atomic mass is 10.1. The Morgan fingerprint density at radius 3 is 2.81 bits per heavy atom. The smallest absolute Gasteiger partial charge is 0.228 e. The molecular weight excluding hydrogens is 202 g/mol. The molecule has 3 heteroatoms. The van der Waals surface area contributed by atoms with Gasteiger partial charge in [-0.15, -0.1) is 0 Å². The lowest BCUT2D eigenvalue weighted by Crippen LogP contribution is -2.32. The number of carbonyl (C=O) groups is 1. The summed E-state index contributed by atoms with van der Waals surface area (Å²) in [7, 11) is 1.85. The van der Waals surface area contributed by atoms with E-state index in [0.717, 1.165) is 18.6 Å². The van der Waals surface area contributed by atoms with Crippen LogP contribution in [0, 0.1) is 5.92 Å². The van der Waals surface area contributed by atoms with E-state index in [2.05, 4.69) is 0 Å². The molecule has 2 rings (SSSR count). The molecule has 0 radical (unpaired) electrons. The number of hydrogen-bond donors (Lipinski definition) is 0. The molecule has 1 amide bonds. The summed E-state index contributed by atoms with van der Waals surface area (Å²) in [5, 5.41) is 0. The van der Waals surface area contributed by atoms with Crippen LogP contribution in [-0.2, 0) is 16.1 Å². The Labute approximate surface area is 96.0 Å². The third-order valence-electron chi connectivity index (χ3n) is 2.92. The summed E-state index contributed by atoms with van der Waals surface area (Å²) in [4.78, 5) is 13.8. The van der Waals surface area contributed by atoms with Crippen LogP contribution >= 0.6 is 0 Å². The second-order valence-corrected chi connectivity index (χ2v) is 4.24. The molecule has 1 aromatic rings. The molecule has 0 N–H and O–H groups in total. The number of hydrogen-bond acceptors (Lipinski definition) is 2. The molecule has 0 bridgehead atoms. The van der Waals surface area contributed by atoms with Crippen molar-refractivity contribution in [1.29, 1.82) is 0 Å². The van der Waals surface area contributed by atoms with Crippen molar-refractivity contribution in [2.45, 2.75) is 13.0 Å². The molecule has 1 aromatic carbocycles. The molecule has 3 nitrogen and oxygen atoms in total. The van der Waals surface area contributed by atoms with Crippen LogP contribution in [0.15, 0.2) is 30.3 Å². The summed E-state index contributed by atoms with van der Waals surface area (Å²) in [6.07, 6.45) is 0.859. The van der Waals surface area contributed by atoms with Crippen molar-refractivity contribution < 1.29 is 9.53 Å². The quantitative estimate of drug-likeness (QED) is 0.774. The van der Waals surface area contributed by atoms with Crippen molar-refractivity contribution in [3.8, 4) is 0 Å². The van der Waals surface area contributed by atoms with Crippen molar-refractivity contribution in [1.82, 2.24) is 4.90 Å². The van der Waals surface area contributed by atoms with Crippen molar-refractivity contribution in [3.63, 3.8) is 0 Å². The first-order valence-electron chi connectivity index (χ1n) is 5.64. The van der Waals surface area contributed by atoms with Gasteiger partial charge in [0.1, 0.15) is 0 Å². The highest BCUT2D eigenvalue weighted by Crippen LogP contribution is 2.16. The SMILES string of the molecule is CN(Cc1ccccc1)C(=O)C1CCOC1. The molecule has 0 aliphatic carbocycles. The molecule has 1 saturated heterocycles. The van der Waals surface area contributed by atoms with Crippen LogP contribution < -0.4 is 0 Å². The van der Waals surface area contributed by atoms with E-state index in [1.165, 1.54) is 0 Å². The van der Waals surface area contributed by atoms with Gasteiger partial charge in [0.25, 0.3) is 0 Å². The number of rotatable bonds is 3. The van der Waals surface area contributed by atoms with Gasteiger partial charge in [0.05, 0.1) is 12.5 Å². The Balaban J connectivity index is 1.92. The zero-order valence-corrected chi connectivity index (χ0v) is 9.56. The molecule has 86 valence electrons. The molecule has 0 spiro atoms. The summed E-state index contributed by atoms with van der Waals surface area (Å²) >= 11 is 0. The molecule has 1 aliphatic heterocycles. The van der Waals surface area contributed by atoms with E-state index in [0.29, 0.717) is 13.2 Å². The van der Waals surface area contributed by atoms with Crippen LogP contribution in [0.25, 0.3) is 0 Å². The van der Waals surface area contributed by atoms with Gasteiger partial charge in [-0.1, -0.05) is 30.3 Å². The average molecular weight is 219 g/mol. The Morgan fingerprint density at radius 2 is 2.19 bits per heavy atom. The van der Waals surface area contributed by atoms with Gasteiger partial charge in [-0.05, 0) is 12.0 Å². The van der Waals surface area contributed by atoms with Crippen molar-refractivity contribution in [2.24, 2.45) is 5.92 Å². The minimum absolute atomic E-state index is 0.0636. The lowest BCUT2D eigenvalue weighted by Gasteiger charge is -2.20. The van der Waals surface area contributed by atoms with Crippen molar-refractivity contribution >= 4 is 5.91 Å². The first-order valence-corrected chi connectivity index (χ1v) is 5.64. The maximum absolute atomic E-state index is 12.0. The second kappa shape index (κ2) is 5.12. The topological polar surface area (TPSA) is 29.5 Å². The fraction of sp³-hybridized carbons (Fsp3) is 0.462. The zero-order chi connectivity index (χ0) is 11.4. The zero-order valence-electron chi connectivity index (χ0n) is 9.56.